The number of nitrogens with zero attached hydrogens (tertiary/aromatic N) is 1. The molecule has 0 aromatic heterocycles. The normalized spacial score (nSPS) is 16.2. The van der Waals surface area contributed by atoms with Gasteiger partial charge in [0, 0.05) is 18.1 Å². The monoisotopic (exact) mass is 315 g/mol. The number of esters is 1. The van der Waals surface area contributed by atoms with Gasteiger partial charge in [-0.25, -0.2) is 4.39 Å². The van der Waals surface area contributed by atoms with E-state index in [1.165, 1.54) is 13.2 Å². The van der Waals surface area contributed by atoms with E-state index in [9.17, 15) is 9.18 Å². The fourth-order valence-corrected chi connectivity index (χ4v) is 2.46. The van der Waals surface area contributed by atoms with E-state index in [0.717, 1.165) is 17.3 Å². The van der Waals surface area contributed by atoms with Crippen molar-refractivity contribution in [1.29, 1.82) is 0 Å². The van der Waals surface area contributed by atoms with Gasteiger partial charge in [-0.3, -0.25) is 4.79 Å². The van der Waals surface area contributed by atoms with Crippen LogP contribution in [-0.4, -0.2) is 26.7 Å². The number of hydrogen-bond donors (Lipinski definition) is 0. The smallest absolute Gasteiger partial charge is 0.313 e. The summed E-state index contributed by atoms with van der Waals surface area (Å²) in [4.78, 5) is 13.4. The highest BCUT2D eigenvalue weighted by atomic mass is 79.9. The zero-order valence-electron chi connectivity index (χ0n) is 10.4. The van der Waals surface area contributed by atoms with Crippen LogP contribution >= 0.6 is 15.9 Å². The van der Waals surface area contributed by atoms with Crippen LogP contribution in [0.2, 0.25) is 0 Å². The van der Waals surface area contributed by atoms with Gasteiger partial charge in [-0.2, -0.15) is 0 Å². The molecule has 1 fully saturated rings. The first-order chi connectivity index (χ1) is 8.48. The second-order valence-electron chi connectivity index (χ2n) is 4.72. The van der Waals surface area contributed by atoms with Crippen molar-refractivity contribution in [2.24, 2.45) is 5.41 Å². The zero-order chi connectivity index (χ0) is 13.3. The molecule has 0 unspecified atom stereocenters. The van der Waals surface area contributed by atoms with Crippen molar-refractivity contribution >= 4 is 27.6 Å². The molecule has 1 aliphatic rings. The van der Waals surface area contributed by atoms with Gasteiger partial charge in [-0.05, 0) is 31.0 Å². The Kier molecular flexibility index (Phi) is 3.61. The van der Waals surface area contributed by atoms with E-state index >= 15 is 0 Å². The Bertz CT molecular complexity index is 474. The lowest BCUT2D eigenvalue weighted by Crippen LogP contribution is -2.33. The minimum absolute atomic E-state index is 0.204. The Balaban J connectivity index is 2.15. The van der Waals surface area contributed by atoms with E-state index in [1.807, 2.05) is 0 Å². The van der Waals surface area contributed by atoms with Crippen molar-refractivity contribution in [3.05, 3.63) is 28.5 Å². The van der Waals surface area contributed by atoms with E-state index in [0.29, 0.717) is 12.2 Å². The number of ether oxygens (including phenoxy) is 1. The van der Waals surface area contributed by atoms with Gasteiger partial charge in [0.1, 0.15) is 5.82 Å². The first kappa shape index (κ1) is 13.3. The average molecular weight is 316 g/mol. The Morgan fingerprint density at radius 3 is 2.78 bits per heavy atom. The maximum atomic E-state index is 13.7. The molecule has 5 heteroatoms. The molecule has 2 rings (SSSR count). The molecule has 1 aliphatic carbocycles. The molecule has 0 amide bonds. The highest BCUT2D eigenvalue weighted by molar-refractivity contribution is 9.10. The summed E-state index contributed by atoms with van der Waals surface area (Å²) in [5.41, 5.74) is 0.0395. The van der Waals surface area contributed by atoms with Gasteiger partial charge in [-0.15, -0.1) is 0 Å². The third-order valence-electron chi connectivity index (χ3n) is 3.33. The molecule has 3 nitrogen and oxygen atoms in total. The molecule has 0 radical (unpaired) electrons. The van der Waals surface area contributed by atoms with Crippen LogP contribution < -0.4 is 4.90 Å². The number of carbonyl (C=O) groups is 1. The second kappa shape index (κ2) is 4.88. The lowest BCUT2D eigenvalue weighted by atomic mass is 10.1. The topological polar surface area (TPSA) is 29.5 Å². The van der Waals surface area contributed by atoms with Crippen LogP contribution in [0.3, 0.4) is 0 Å². The van der Waals surface area contributed by atoms with Crippen LogP contribution in [0.25, 0.3) is 0 Å². The third-order valence-corrected chi connectivity index (χ3v) is 3.82. The molecule has 0 atom stereocenters. The zero-order valence-corrected chi connectivity index (χ0v) is 12.0. The van der Waals surface area contributed by atoms with E-state index in [4.69, 9.17) is 4.74 Å². The van der Waals surface area contributed by atoms with E-state index in [1.54, 1.807) is 24.1 Å². The molecule has 1 aromatic rings. The van der Waals surface area contributed by atoms with Crippen molar-refractivity contribution in [3.63, 3.8) is 0 Å². The lowest BCUT2D eigenvalue weighted by molar-refractivity contribution is -0.146. The largest absolute Gasteiger partial charge is 0.469 e. The van der Waals surface area contributed by atoms with Gasteiger partial charge < -0.3 is 9.64 Å². The Hall–Kier alpha value is -1.10. The summed E-state index contributed by atoms with van der Waals surface area (Å²) in [6, 6.07) is 4.77. The van der Waals surface area contributed by atoms with Crippen LogP contribution in [0.5, 0.6) is 0 Å². The third kappa shape index (κ3) is 2.51. The Labute approximate surface area is 114 Å². The molecule has 1 saturated carbocycles. The van der Waals surface area contributed by atoms with Crippen LogP contribution in [0.4, 0.5) is 10.1 Å². The maximum Gasteiger partial charge on any atom is 0.313 e. The standard InChI is InChI=1S/C13H15BrFNO2/c1-16(8-13(5-6-13)12(17)18-2)11-7-9(14)3-4-10(11)15/h3-4,7H,5-6,8H2,1-2H3. The number of anilines is 1. The number of rotatable bonds is 4. The number of hydrogen-bond acceptors (Lipinski definition) is 3. The highest BCUT2D eigenvalue weighted by Crippen LogP contribution is 2.47. The molecule has 0 saturated heterocycles. The minimum atomic E-state index is -0.446. The number of halogens is 2. The lowest BCUT2D eigenvalue weighted by Gasteiger charge is -2.24. The summed E-state index contributed by atoms with van der Waals surface area (Å²) in [6.45, 7) is 0.479. The van der Waals surface area contributed by atoms with Crippen molar-refractivity contribution in [2.75, 3.05) is 25.6 Å². The van der Waals surface area contributed by atoms with Crippen molar-refractivity contribution in [3.8, 4) is 0 Å². The quantitative estimate of drug-likeness (QED) is 0.800. The second-order valence-corrected chi connectivity index (χ2v) is 5.64. The maximum absolute atomic E-state index is 13.7. The van der Waals surface area contributed by atoms with Gasteiger partial charge in [0.05, 0.1) is 18.2 Å². The number of carbonyl (C=O) groups excluding carboxylic acids is 1. The predicted molar refractivity (Wildman–Crippen MR) is 71.1 cm³/mol. The fourth-order valence-electron chi connectivity index (χ4n) is 2.11. The number of benzene rings is 1. The van der Waals surface area contributed by atoms with Gasteiger partial charge in [0.25, 0.3) is 0 Å². The van der Waals surface area contributed by atoms with Crippen LogP contribution in [-0.2, 0) is 9.53 Å². The summed E-state index contributed by atoms with van der Waals surface area (Å²) >= 11 is 3.32. The van der Waals surface area contributed by atoms with Crippen LogP contribution in [0.15, 0.2) is 22.7 Å². The summed E-state index contributed by atoms with van der Waals surface area (Å²) < 4.78 is 19.3. The van der Waals surface area contributed by atoms with Gasteiger partial charge >= 0.3 is 5.97 Å². The molecule has 0 heterocycles. The summed E-state index contributed by atoms with van der Waals surface area (Å²) in [7, 11) is 3.18. The molecule has 0 bridgehead atoms. The van der Waals surface area contributed by atoms with Crippen LogP contribution in [0.1, 0.15) is 12.8 Å². The highest BCUT2D eigenvalue weighted by Gasteiger charge is 2.51. The van der Waals surface area contributed by atoms with E-state index in [2.05, 4.69) is 15.9 Å². The predicted octanol–water partition coefficient (Wildman–Crippen LogP) is 2.98. The SMILES string of the molecule is COC(=O)C1(CN(C)c2cc(Br)ccc2F)CC1. The Morgan fingerprint density at radius 2 is 2.22 bits per heavy atom. The number of methoxy groups -OCH3 is 1. The van der Waals surface area contributed by atoms with Crippen LogP contribution in [0, 0.1) is 11.2 Å². The molecule has 0 N–H and O–H groups in total. The molecule has 0 aliphatic heterocycles. The summed E-state index contributed by atoms with van der Waals surface area (Å²) in [5, 5.41) is 0. The summed E-state index contributed by atoms with van der Waals surface area (Å²) in [5.74, 6) is -0.494. The molecule has 0 spiro atoms. The van der Waals surface area contributed by atoms with Crippen molar-refractivity contribution in [1.82, 2.24) is 0 Å². The van der Waals surface area contributed by atoms with E-state index < -0.39 is 5.41 Å². The van der Waals surface area contributed by atoms with E-state index in [-0.39, 0.29) is 11.8 Å². The molecule has 18 heavy (non-hydrogen) atoms. The summed E-state index contributed by atoms with van der Waals surface area (Å²) in [6.07, 6.45) is 1.61. The molecule has 98 valence electrons. The first-order valence-corrected chi connectivity index (χ1v) is 6.52. The average Bonchev–Trinajstić information content (AvgIpc) is 3.12. The van der Waals surface area contributed by atoms with Crippen molar-refractivity contribution in [2.45, 2.75) is 12.8 Å². The van der Waals surface area contributed by atoms with Gasteiger partial charge in [0.15, 0.2) is 0 Å². The van der Waals surface area contributed by atoms with Gasteiger partial charge in [-0.1, -0.05) is 15.9 Å². The van der Waals surface area contributed by atoms with Gasteiger partial charge in [0.2, 0.25) is 0 Å². The minimum Gasteiger partial charge on any atom is -0.469 e. The molecule has 1 aromatic carbocycles. The first-order valence-electron chi connectivity index (χ1n) is 5.73. The van der Waals surface area contributed by atoms with Crippen molar-refractivity contribution < 1.29 is 13.9 Å². The Morgan fingerprint density at radius 1 is 1.56 bits per heavy atom. The molecular weight excluding hydrogens is 301 g/mol. The fraction of sp³-hybridized carbons (Fsp3) is 0.462. The molecular formula is C13H15BrFNO2.